The van der Waals surface area contributed by atoms with Crippen molar-refractivity contribution in [1.29, 1.82) is 0 Å². The van der Waals surface area contributed by atoms with Crippen molar-refractivity contribution in [2.45, 2.75) is 20.8 Å². The van der Waals surface area contributed by atoms with Crippen LogP contribution in [0.1, 0.15) is 26.5 Å². The van der Waals surface area contributed by atoms with Crippen molar-refractivity contribution < 1.29 is 4.79 Å². The highest BCUT2D eigenvalue weighted by Crippen LogP contribution is 2.41. The maximum absolute atomic E-state index is 10.9. The SMILES string of the molecule is C/C(=C\C=C/C=O)c1nc(-n2c3ccccc3c3cc4sc5ccccc5c4cc32)nc2c1sc1ccccc12.CC. The van der Waals surface area contributed by atoms with E-state index >= 15 is 0 Å². The summed E-state index contributed by atoms with van der Waals surface area (Å²) in [7, 11) is 0. The second kappa shape index (κ2) is 10.6. The van der Waals surface area contributed by atoms with Crippen LogP contribution in [0.5, 0.6) is 0 Å². The maximum Gasteiger partial charge on any atom is 0.235 e. The minimum absolute atomic E-state index is 0.642. The third-order valence-corrected chi connectivity index (χ3v) is 9.79. The number of aromatic nitrogens is 3. The zero-order valence-corrected chi connectivity index (χ0v) is 25.1. The summed E-state index contributed by atoms with van der Waals surface area (Å²) < 4.78 is 6.99. The van der Waals surface area contributed by atoms with Gasteiger partial charge in [0.15, 0.2) is 0 Å². The summed E-state index contributed by atoms with van der Waals surface area (Å²) in [6.07, 6.45) is 5.99. The van der Waals surface area contributed by atoms with Crippen LogP contribution in [0, 0.1) is 0 Å². The maximum atomic E-state index is 10.9. The lowest BCUT2D eigenvalue weighted by Gasteiger charge is -2.10. The van der Waals surface area contributed by atoms with Gasteiger partial charge in [0.05, 0.1) is 26.9 Å². The van der Waals surface area contributed by atoms with Gasteiger partial charge in [-0.15, -0.1) is 22.7 Å². The Morgan fingerprint density at radius 2 is 1.38 bits per heavy atom. The largest absolute Gasteiger partial charge is 0.299 e. The van der Waals surface area contributed by atoms with Gasteiger partial charge in [0.2, 0.25) is 5.95 Å². The van der Waals surface area contributed by atoms with Crippen molar-refractivity contribution in [1.82, 2.24) is 14.5 Å². The summed E-state index contributed by atoms with van der Waals surface area (Å²) in [5.74, 6) is 0.642. The van der Waals surface area contributed by atoms with Gasteiger partial charge in [-0.3, -0.25) is 9.36 Å². The Hall–Kier alpha value is -4.65. The van der Waals surface area contributed by atoms with Gasteiger partial charge in [0.25, 0.3) is 0 Å². The van der Waals surface area contributed by atoms with Gasteiger partial charge in [-0.25, -0.2) is 9.97 Å². The molecule has 0 spiro atoms. The molecule has 4 nitrogen and oxygen atoms in total. The predicted molar refractivity (Wildman–Crippen MR) is 182 cm³/mol. The van der Waals surface area contributed by atoms with Crippen LogP contribution in [0.15, 0.2) is 103 Å². The quantitative estimate of drug-likeness (QED) is 0.118. The molecular formula is C36H27N3OS2. The molecule has 0 amide bonds. The molecule has 8 aromatic rings. The highest BCUT2D eigenvalue weighted by molar-refractivity contribution is 7.26. The number of benzene rings is 4. The second-order valence-electron chi connectivity index (χ2n) is 9.84. The molecule has 0 fully saturated rings. The standard InChI is InChI=1S/C34H21N3OS2.C2H6/c1-20(10-8-9-17-38)31-33-32(23-13-4-7-16-29(23)40-33)36-34(35-31)37-26-14-5-2-11-21(26)24-19-30-25(18-27(24)37)22-12-3-6-15-28(22)39-30;1-2/h2-19H,1H3;1-2H3/b9-8-,20-10+;. The van der Waals surface area contributed by atoms with E-state index in [1.165, 1.54) is 41.7 Å². The Balaban J connectivity index is 0.00000141. The second-order valence-corrected chi connectivity index (χ2v) is 12.0. The van der Waals surface area contributed by atoms with Crippen molar-refractivity contribution in [3.8, 4) is 5.95 Å². The lowest BCUT2D eigenvalue weighted by atomic mass is 10.1. The van der Waals surface area contributed by atoms with Crippen molar-refractivity contribution in [3.05, 3.63) is 109 Å². The van der Waals surface area contributed by atoms with E-state index in [4.69, 9.17) is 9.97 Å². The smallest absolute Gasteiger partial charge is 0.235 e. The van der Waals surface area contributed by atoms with Gasteiger partial charge in [0.1, 0.15) is 6.29 Å². The topological polar surface area (TPSA) is 47.8 Å². The summed E-state index contributed by atoms with van der Waals surface area (Å²) in [4.78, 5) is 21.4. The third kappa shape index (κ3) is 4.06. The first-order valence-electron chi connectivity index (χ1n) is 14.0. The van der Waals surface area contributed by atoms with Gasteiger partial charge < -0.3 is 0 Å². The zero-order chi connectivity index (χ0) is 28.8. The van der Waals surface area contributed by atoms with E-state index in [1.807, 2.05) is 38.2 Å². The molecule has 4 heterocycles. The molecule has 0 aliphatic heterocycles. The molecular weight excluding hydrogens is 555 g/mol. The van der Waals surface area contributed by atoms with Gasteiger partial charge in [-0.2, -0.15) is 0 Å². The van der Waals surface area contributed by atoms with Crippen molar-refractivity contribution >= 4 is 96.8 Å². The van der Waals surface area contributed by atoms with Crippen molar-refractivity contribution in [2.75, 3.05) is 0 Å². The number of carbonyl (C=O) groups excluding carboxylic acids is 1. The molecule has 0 unspecified atom stereocenters. The molecule has 0 N–H and O–H groups in total. The number of thiophene rings is 2. The summed E-state index contributed by atoms with van der Waals surface area (Å²) >= 11 is 3.54. The summed E-state index contributed by atoms with van der Waals surface area (Å²) in [6, 6.07) is 30.1. The van der Waals surface area contributed by atoms with Crippen LogP contribution >= 0.6 is 22.7 Å². The molecule has 42 heavy (non-hydrogen) atoms. The van der Waals surface area contributed by atoms with Crippen molar-refractivity contribution in [3.63, 3.8) is 0 Å². The first kappa shape index (κ1) is 26.3. The number of para-hydroxylation sites is 1. The number of carbonyl (C=O) groups is 1. The first-order valence-corrected chi connectivity index (χ1v) is 15.7. The van der Waals surface area contributed by atoms with Crippen LogP contribution in [0.4, 0.5) is 0 Å². The number of fused-ring (bicyclic) bond motifs is 9. The Labute approximate surface area is 250 Å². The number of hydrogen-bond acceptors (Lipinski definition) is 5. The van der Waals surface area contributed by atoms with Gasteiger partial charge in [0, 0.05) is 41.0 Å². The molecule has 0 bridgehead atoms. The fraction of sp³-hybridized carbons (Fsp3) is 0.0833. The molecule has 0 atom stereocenters. The molecule has 0 aliphatic rings. The molecule has 0 aliphatic carbocycles. The molecule has 204 valence electrons. The van der Waals surface area contributed by atoms with E-state index < -0.39 is 0 Å². The van der Waals surface area contributed by atoms with Crippen LogP contribution in [0.3, 0.4) is 0 Å². The predicted octanol–water partition coefficient (Wildman–Crippen LogP) is 10.5. The van der Waals surface area contributed by atoms with E-state index in [9.17, 15) is 4.79 Å². The summed E-state index contributed by atoms with van der Waals surface area (Å²) in [6.45, 7) is 6.04. The van der Waals surface area contributed by atoms with E-state index in [0.29, 0.717) is 5.95 Å². The highest BCUT2D eigenvalue weighted by Gasteiger charge is 2.20. The Morgan fingerprint density at radius 1 is 0.690 bits per heavy atom. The van der Waals surface area contributed by atoms with Crippen LogP contribution in [0.2, 0.25) is 0 Å². The molecule has 0 radical (unpaired) electrons. The molecule has 4 aromatic heterocycles. The lowest BCUT2D eigenvalue weighted by Crippen LogP contribution is -2.03. The fourth-order valence-corrected chi connectivity index (χ4v) is 8.00. The van der Waals surface area contributed by atoms with Crippen LogP contribution in [0.25, 0.3) is 73.8 Å². The average Bonchev–Trinajstić information content (AvgIpc) is 3.69. The zero-order valence-electron chi connectivity index (χ0n) is 23.5. The van der Waals surface area contributed by atoms with E-state index in [0.717, 1.165) is 44.2 Å². The number of hydrogen-bond donors (Lipinski definition) is 0. The minimum Gasteiger partial charge on any atom is -0.299 e. The molecule has 0 saturated carbocycles. The Morgan fingerprint density at radius 3 is 2.17 bits per heavy atom. The number of nitrogens with zero attached hydrogens (tertiary/aromatic N) is 3. The van der Waals surface area contributed by atoms with Crippen LogP contribution < -0.4 is 0 Å². The van der Waals surface area contributed by atoms with Gasteiger partial charge in [-0.1, -0.05) is 80.6 Å². The molecule has 8 rings (SSSR count). The minimum atomic E-state index is 0.642. The van der Waals surface area contributed by atoms with E-state index in [2.05, 4.69) is 89.5 Å². The third-order valence-electron chi connectivity index (χ3n) is 7.49. The fourth-order valence-electron chi connectivity index (χ4n) is 5.67. The van der Waals surface area contributed by atoms with Crippen molar-refractivity contribution in [2.24, 2.45) is 0 Å². The van der Waals surface area contributed by atoms with Gasteiger partial charge in [-0.05, 0) is 48.9 Å². The first-order chi connectivity index (χ1) is 20.7. The van der Waals surface area contributed by atoms with E-state index in [1.54, 1.807) is 17.4 Å². The summed E-state index contributed by atoms with van der Waals surface area (Å²) in [5, 5.41) is 6.00. The summed E-state index contributed by atoms with van der Waals surface area (Å²) in [5.41, 5.74) is 4.96. The van der Waals surface area contributed by atoms with Crippen LogP contribution in [-0.2, 0) is 4.79 Å². The molecule has 0 saturated heterocycles. The number of allylic oxidation sites excluding steroid dienone is 4. The number of rotatable bonds is 4. The monoisotopic (exact) mass is 581 g/mol. The Kier molecular flexibility index (Phi) is 6.65. The molecule has 4 aromatic carbocycles. The lowest BCUT2D eigenvalue weighted by molar-refractivity contribution is -0.104. The van der Waals surface area contributed by atoms with Gasteiger partial charge >= 0.3 is 0 Å². The Bertz CT molecular complexity index is 2370. The normalized spacial score (nSPS) is 12.3. The number of aldehydes is 1. The van der Waals surface area contributed by atoms with E-state index in [-0.39, 0.29) is 0 Å². The van der Waals surface area contributed by atoms with Crippen LogP contribution in [-0.4, -0.2) is 20.8 Å². The molecule has 6 heteroatoms. The highest BCUT2D eigenvalue weighted by atomic mass is 32.1. The average molecular weight is 582 g/mol.